The number of amides is 2. The molecule has 1 heterocycles. The van der Waals surface area contributed by atoms with Gasteiger partial charge in [-0.05, 0) is 37.6 Å². The molecule has 2 aromatic carbocycles. The zero-order valence-corrected chi connectivity index (χ0v) is 17.9. The van der Waals surface area contributed by atoms with E-state index in [4.69, 9.17) is 4.74 Å². The van der Waals surface area contributed by atoms with Crippen molar-refractivity contribution >= 4 is 23.4 Å². The minimum Gasteiger partial charge on any atom is -0.453 e. The van der Waals surface area contributed by atoms with Crippen LogP contribution in [0.1, 0.15) is 19.4 Å². The van der Waals surface area contributed by atoms with E-state index < -0.39 is 23.9 Å². The van der Waals surface area contributed by atoms with Crippen LogP contribution >= 0.6 is 0 Å². The molecular formula is C23H28FN3O4. The second kappa shape index (κ2) is 10.3. The number of ether oxygens (including phenoxy) is 2. The lowest BCUT2D eigenvalue weighted by atomic mass is 10.1. The number of anilines is 2. The minimum atomic E-state index is -0.876. The van der Waals surface area contributed by atoms with Crippen molar-refractivity contribution in [2.75, 3.05) is 30.4 Å². The first-order chi connectivity index (χ1) is 14.9. The second-order valence-corrected chi connectivity index (χ2v) is 7.70. The van der Waals surface area contributed by atoms with Gasteiger partial charge in [-0.15, -0.1) is 0 Å². The summed E-state index contributed by atoms with van der Waals surface area (Å²) < 4.78 is 25.2. The van der Waals surface area contributed by atoms with E-state index in [1.54, 1.807) is 12.1 Å². The quantitative estimate of drug-likeness (QED) is 0.736. The molecule has 31 heavy (non-hydrogen) atoms. The van der Waals surface area contributed by atoms with Crippen LogP contribution in [0, 0.1) is 5.82 Å². The molecule has 1 fully saturated rings. The number of carbonyl (C=O) groups excluding carboxylic acids is 2. The molecule has 166 valence electrons. The summed E-state index contributed by atoms with van der Waals surface area (Å²) in [5, 5.41) is 5.22. The lowest BCUT2D eigenvalue weighted by Crippen LogP contribution is -2.46. The molecule has 2 N–H and O–H groups in total. The fourth-order valence-corrected chi connectivity index (χ4v) is 3.71. The van der Waals surface area contributed by atoms with Gasteiger partial charge in [0, 0.05) is 25.2 Å². The van der Waals surface area contributed by atoms with Crippen LogP contribution in [0.15, 0.2) is 48.5 Å². The number of nitrogens with one attached hydrogen (secondary N) is 2. The third-order valence-corrected chi connectivity index (χ3v) is 5.05. The van der Waals surface area contributed by atoms with Crippen LogP contribution in [0.25, 0.3) is 0 Å². The summed E-state index contributed by atoms with van der Waals surface area (Å²) in [6.45, 7) is 5.09. The molecule has 3 atom stereocenters. The SMILES string of the molecule is COC(=O)NC(Cc1ccccc1)C(=O)Nc1ccc(N2CC(C)OC(C)C2)c(F)c1. The largest absolute Gasteiger partial charge is 0.453 e. The maximum Gasteiger partial charge on any atom is 0.407 e. The highest BCUT2D eigenvalue weighted by Crippen LogP contribution is 2.26. The molecule has 3 unspecified atom stereocenters. The van der Waals surface area contributed by atoms with Crippen LogP contribution in [-0.4, -0.2) is 50.4 Å². The molecular weight excluding hydrogens is 401 g/mol. The van der Waals surface area contributed by atoms with E-state index in [2.05, 4.69) is 15.4 Å². The molecule has 0 spiro atoms. The van der Waals surface area contributed by atoms with Gasteiger partial charge in [0.25, 0.3) is 0 Å². The number of nitrogens with zero attached hydrogens (tertiary/aromatic N) is 1. The third-order valence-electron chi connectivity index (χ3n) is 5.05. The van der Waals surface area contributed by atoms with Crippen LogP contribution in [-0.2, 0) is 20.7 Å². The van der Waals surface area contributed by atoms with E-state index in [9.17, 15) is 14.0 Å². The van der Waals surface area contributed by atoms with Crippen LogP contribution in [0.4, 0.5) is 20.6 Å². The predicted molar refractivity (Wildman–Crippen MR) is 117 cm³/mol. The number of carbonyl (C=O) groups is 2. The van der Waals surface area contributed by atoms with Crippen LogP contribution in [0.5, 0.6) is 0 Å². The standard InChI is InChI=1S/C23H28FN3O4/c1-15-13-27(14-16(2)31-15)21-10-9-18(12-19(21)24)25-22(28)20(26-23(29)30-3)11-17-7-5-4-6-8-17/h4-10,12,15-16,20H,11,13-14H2,1-3H3,(H,25,28)(H,26,29). The first-order valence-corrected chi connectivity index (χ1v) is 10.2. The molecule has 1 aliphatic heterocycles. The van der Waals surface area contributed by atoms with E-state index in [1.807, 2.05) is 49.1 Å². The Morgan fingerprint density at radius 3 is 2.45 bits per heavy atom. The fraction of sp³-hybridized carbons (Fsp3) is 0.391. The van der Waals surface area contributed by atoms with Crippen molar-refractivity contribution in [1.82, 2.24) is 5.32 Å². The molecule has 8 heteroatoms. The van der Waals surface area contributed by atoms with E-state index >= 15 is 0 Å². The Bertz CT molecular complexity index is 899. The van der Waals surface area contributed by atoms with Crippen LogP contribution in [0.2, 0.25) is 0 Å². The lowest BCUT2D eigenvalue weighted by molar-refractivity contribution is -0.118. The highest BCUT2D eigenvalue weighted by atomic mass is 19.1. The third kappa shape index (κ3) is 6.18. The Kier molecular flexibility index (Phi) is 7.46. The average molecular weight is 429 g/mol. The number of alkyl carbamates (subject to hydrolysis) is 1. The smallest absolute Gasteiger partial charge is 0.407 e. The monoisotopic (exact) mass is 429 g/mol. The number of morpholine rings is 1. The van der Waals surface area contributed by atoms with Crippen LogP contribution in [0.3, 0.4) is 0 Å². The predicted octanol–water partition coefficient (Wildman–Crippen LogP) is 3.35. The summed E-state index contributed by atoms with van der Waals surface area (Å²) in [6.07, 6.45) is -0.434. The van der Waals surface area contributed by atoms with Crippen molar-refractivity contribution in [2.24, 2.45) is 0 Å². The molecule has 0 saturated carbocycles. The zero-order chi connectivity index (χ0) is 22.4. The molecule has 0 aromatic heterocycles. The first kappa shape index (κ1) is 22.6. The van der Waals surface area contributed by atoms with Crippen molar-refractivity contribution in [1.29, 1.82) is 0 Å². The number of halogens is 1. The summed E-state index contributed by atoms with van der Waals surface area (Å²) in [5.41, 5.74) is 1.65. The van der Waals surface area contributed by atoms with Gasteiger partial charge in [-0.3, -0.25) is 4.79 Å². The summed E-state index contributed by atoms with van der Waals surface area (Å²) >= 11 is 0. The van der Waals surface area contributed by atoms with Crippen LogP contribution < -0.4 is 15.5 Å². The number of hydrogen-bond acceptors (Lipinski definition) is 5. The highest BCUT2D eigenvalue weighted by Gasteiger charge is 2.25. The Labute approximate surface area is 181 Å². The van der Waals surface area contributed by atoms with Crippen molar-refractivity contribution < 1.29 is 23.5 Å². The van der Waals surface area contributed by atoms with Gasteiger partial charge in [0.05, 0.1) is 25.0 Å². The Balaban J connectivity index is 1.72. The van der Waals surface area contributed by atoms with E-state index in [0.29, 0.717) is 24.5 Å². The number of rotatable bonds is 6. The highest BCUT2D eigenvalue weighted by molar-refractivity contribution is 5.96. The number of hydrogen-bond donors (Lipinski definition) is 2. The molecule has 7 nitrogen and oxygen atoms in total. The van der Waals surface area contributed by atoms with Gasteiger partial charge in [-0.1, -0.05) is 30.3 Å². The maximum atomic E-state index is 14.8. The second-order valence-electron chi connectivity index (χ2n) is 7.70. The molecule has 0 bridgehead atoms. The first-order valence-electron chi connectivity index (χ1n) is 10.2. The van der Waals surface area contributed by atoms with E-state index in [0.717, 1.165) is 5.56 Å². The Morgan fingerprint density at radius 2 is 1.84 bits per heavy atom. The Morgan fingerprint density at radius 1 is 1.16 bits per heavy atom. The number of methoxy groups -OCH3 is 1. The fourth-order valence-electron chi connectivity index (χ4n) is 3.71. The zero-order valence-electron chi connectivity index (χ0n) is 17.9. The molecule has 1 saturated heterocycles. The van der Waals surface area contributed by atoms with Gasteiger partial charge in [0.2, 0.25) is 5.91 Å². The normalized spacial score (nSPS) is 19.4. The Hall–Kier alpha value is -3.13. The maximum absolute atomic E-state index is 14.8. The van der Waals surface area contributed by atoms with Crippen molar-refractivity contribution in [2.45, 2.75) is 38.5 Å². The molecule has 0 aliphatic carbocycles. The molecule has 2 aromatic rings. The van der Waals surface area contributed by atoms with Gasteiger partial charge in [-0.25, -0.2) is 9.18 Å². The van der Waals surface area contributed by atoms with Gasteiger partial charge < -0.3 is 25.0 Å². The van der Waals surface area contributed by atoms with Gasteiger partial charge in [-0.2, -0.15) is 0 Å². The van der Waals surface area contributed by atoms with Gasteiger partial charge >= 0.3 is 6.09 Å². The average Bonchev–Trinajstić information content (AvgIpc) is 2.73. The van der Waals surface area contributed by atoms with E-state index in [-0.39, 0.29) is 18.6 Å². The topological polar surface area (TPSA) is 79.9 Å². The molecule has 3 rings (SSSR count). The van der Waals surface area contributed by atoms with Gasteiger partial charge in [0.1, 0.15) is 11.9 Å². The molecule has 0 radical (unpaired) electrons. The number of benzene rings is 2. The van der Waals surface area contributed by atoms with Gasteiger partial charge in [0.15, 0.2) is 0 Å². The summed E-state index contributed by atoms with van der Waals surface area (Å²) in [4.78, 5) is 26.5. The van der Waals surface area contributed by atoms with Crippen molar-refractivity contribution in [3.63, 3.8) is 0 Å². The molecule has 2 amide bonds. The summed E-state index contributed by atoms with van der Waals surface area (Å²) in [6, 6.07) is 13.0. The van der Waals surface area contributed by atoms with Crippen molar-refractivity contribution in [3.8, 4) is 0 Å². The lowest BCUT2D eigenvalue weighted by Gasteiger charge is -2.37. The van der Waals surface area contributed by atoms with E-state index in [1.165, 1.54) is 13.2 Å². The van der Waals surface area contributed by atoms with Crippen molar-refractivity contribution in [3.05, 3.63) is 59.9 Å². The summed E-state index contributed by atoms with van der Waals surface area (Å²) in [7, 11) is 1.23. The summed E-state index contributed by atoms with van der Waals surface area (Å²) in [5.74, 6) is -0.894. The molecule has 1 aliphatic rings. The minimum absolute atomic E-state index is 0.00525.